The lowest BCUT2D eigenvalue weighted by Gasteiger charge is -2.11. The fourth-order valence-corrected chi connectivity index (χ4v) is 2.22. The second-order valence-electron chi connectivity index (χ2n) is 5.17. The summed E-state index contributed by atoms with van der Waals surface area (Å²) in [5, 5.41) is 5.72. The minimum Gasteiger partial charge on any atom is -0.477 e. The van der Waals surface area contributed by atoms with Crippen molar-refractivity contribution in [2.75, 3.05) is 13.2 Å². The van der Waals surface area contributed by atoms with Gasteiger partial charge in [0.05, 0.1) is 6.61 Å². The zero-order valence-electron chi connectivity index (χ0n) is 11.4. The number of nitrogens with zero attached hydrogens (tertiary/aromatic N) is 1. The maximum absolute atomic E-state index is 5.87. The van der Waals surface area contributed by atoms with Crippen molar-refractivity contribution in [3.05, 3.63) is 36.0 Å². The summed E-state index contributed by atoms with van der Waals surface area (Å²) in [6.45, 7) is 4.74. The quantitative estimate of drug-likeness (QED) is 0.862. The van der Waals surface area contributed by atoms with Crippen LogP contribution >= 0.6 is 0 Å². The molecule has 0 radical (unpaired) electrons. The number of ether oxygens (including phenoxy) is 1. The molecule has 100 valence electrons. The number of hydrogen-bond donors (Lipinski definition) is 1. The molecule has 0 atom stereocenters. The molecular formula is C16H20N2O. The summed E-state index contributed by atoms with van der Waals surface area (Å²) >= 11 is 0. The minimum absolute atomic E-state index is 0.752. The van der Waals surface area contributed by atoms with Gasteiger partial charge >= 0.3 is 0 Å². The molecule has 1 heterocycles. The summed E-state index contributed by atoms with van der Waals surface area (Å²) in [4.78, 5) is 4.50. The number of nitrogens with one attached hydrogen (secondary N) is 1. The van der Waals surface area contributed by atoms with Crippen LogP contribution in [0, 0.1) is 5.92 Å². The third-order valence-electron chi connectivity index (χ3n) is 3.56. The van der Waals surface area contributed by atoms with Crippen molar-refractivity contribution in [3.8, 4) is 5.88 Å². The summed E-state index contributed by atoms with van der Waals surface area (Å²) in [6.07, 6.45) is 4.54. The molecule has 3 heteroatoms. The number of pyridine rings is 1. The van der Waals surface area contributed by atoms with E-state index in [2.05, 4.69) is 35.4 Å². The Bertz CT molecular complexity index is 564. The molecule has 2 aromatic rings. The normalized spacial score (nSPS) is 14.8. The van der Waals surface area contributed by atoms with Crippen molar-refractivity contribution in [2.24, 2.45) is 5.92 Å². The highest BCUT2D eigenvalue weighted by molar-refractivity contribution is 5.89. The Morgan fingerprint density at radius 2 is 2.05 bits per heavy atom. The van der Waals surface area contributed by atoms with E-state index in [1.54, 1.807) is 0 Å². The third-order valence-corrected chi connectivity index (χ3v) is 3.56. The van der Waals surface area contributed by atoms with E-state index in [1.807, 2.05) is 12.3 Å². The van der Waals surface area contributed by atoms with E-state index < -0.39 is 0 Å². The third kappa shape index (κ3) is 2.87. The van der Waals surface area contributed by atoms with E-state index in [1.165, 1.54) is 23.8 Å². The summed E-state index contributed by atoms with van der Waals surface area (Å²) in [6, 6.07) is 8.36. The van der Waals surface area contributed by atoms with Gasteiger partial charge in [0, 0.05) is 18.1 Å². The Morgan fingerprint density at radius 3 is 2.79 bits per heavy atom. The van der Waals surface area contributed by atoms with E-state index in [4.69, 9.17) is 4.74 Å². The molecule has 1 aliphatic rings. The van der Waals surface area contributed by atoms with Gasteiger partial charge in [0.1, 0.15) is 0 Å². The average molecular weight is 256 g/mol. The van der Waals surface area contributed by atoms with Crippen LogP contribution in [0.2, 0.25) is 0 Å². The first-order chi connectivity index (χ1) is 9.38. The Hall–Kier alpha value is -1.61. The largest absolute Gasteiger partial charge is 0.477 e. The molecule has 3 nitrogen and oxygen atoms in total. The van der Waals surface area contributed by atoms with Gasteiger partial charge in [-0.15, -0.1) is 0 Å². The first-order valence-corrected chi connectivity index (χ1v) is 7.08. The highest BCUT2D eigenvalue weighted by Crippen LogP contribution is 2.31. The number of benzene rings is 1. The number of rotatable bonds is 6. The molecule has 0 bridgehead atoms. The smallest absolute Gasteiger partial charge is 0.221 e. The molecule has 0 saturated heterocycles. The monoisotopic (exact) mass is 256 g/mol. The molecule has 19 heavy (non-hydrogen) atoms. The Kier molecular flexibility index (Phi) is 3.65. The van der Waals surface area contributed by atoms with E-state index in [-0.39, 0.29) is 0 Å². The lowest BCUT2D eigenvalue weighted by Crippen LogP contribution is -2.12. The lowest BCUT2D eigenvalue weighted by molar-refractivity contribution is 0.292. The molecule has 0 aliphatic heterocycles. The van der Waals surface area contributed by atoms with Crippen molar-refractivity contribution >= 4 is 10.8 Å². The predicted molar refractivity (Wildman–Crippen MR) is 77.3 cm³/mol. The Morgan fingerprint density at radius 1 is 1.26 bits per heavy atom. The molecule has 1 aromatic carbocycles. The number of hydrogen-bond acceptors (Lipinski definition) is 3. The Labute approximate surface area is 114 Å². The van der Waals surface area contributed by atoms with Crippen molar-refractivity contribution in [3.63, 3.8) is 0 Å². The SMILES string of the molecule is CCNCc1cnc(OCC2CC2)c2ccccc12. The molecular weight excluding hydrogens is 236 g/mol. The highest BCUT2D eigenvalue weighted by atomic mass is 16.5. The summed E-state index contributed by atoms with van der Waals surface area (Å²) in [5.74, 6) is 1.53. The second kappa shape index (κ2) is 5.57. The van der Waals surface area contributed by atoms with Gasteiger partial charge in [-0.25, -0.2) is 4.98 Å². The zero-order valence-corrected chi connectivity index (χ0v) is 11.4. The Balaban J connectivity index is 1.90. The van der Waals surface area contributed by atoms with Crippen LogP contribution < -0.4 is 10.1 Å². The van der Waals surface area contributed by atoms with E-state index >= 15 is 0 Å². The first kappa shape index (κ1) is 12.4. The van der Waals surface area contributed by atoms with E-state index in [0.717, 1.165) is 36.9 Å². The topological polar surface area (TPSA) is 34.2 Å². The molecule has 1 fully saturated rings. The van der Waals surface area contributed by atoms with Crippen molar-refractivity contribution < 1.29 is 4.74 Å². The standard InChI is InChI=1S/C16H20N2O/c1-2-17-9-13-10-18-16(19-11-12-7-8-12)15-6-4-3-5-14(13)15/h3-6,10,12,17H,2,7-9,11H2,1H3. The van der Waals surface area contributed by atoms with Crippen LogP contribution in [0.4, 0.5) is 0 Å². The fourth-order valence-electron chi connectivity index (χ4n) is 2.22. The average Bonchev–Trinajstić information content (AvgIpc) is 3.27. The molecule has 0 unspecified atom stereocenters. The van der Waals surface area contributed by atoms with Gasteiger partial charge in [0.25, 0.3) is 0 Å². The molecule has 1 aliphatic carbocycles. The first-order valence-electron chi connectivity index (χ1n) is 7.08. The summed E-state index contributed by atoms with van der Waals surface area (Å²) in [5.41, 5.74) is 1.23. The van der Waals surface area contributed by atoms with Gasteiger partial charge in [-0.1, -0.05) is 25.1 Å². The number of fused-ring (bicyclic) bond motifs is 1. The van der Waals surface area contributed by atoms with Gasteiger partial charge in [-0.2, -0.15) is 0 Å². The maximum atomic E-state index is 5.87. The highest BCUT2D eigenvalue weighted by Gasteiger charge is 2.22. The van der Waals surface area contributed by atoms with Gasteiger partial charge in [-0.05, 0) is 42.3 Å². The van der Waals surface area contributed by atoms with Crippen molar-refractivity contribution in [1.82, 2.24) is 10.3 Å². The molecule has 3 rings (SSSR count). The van der Waals surface area contributed by atoms with Crippen LogP contribution in [-0.2, 0) is 6.54 Å². The fraction of sp³-hybridized carbons (Fsp3) is 0.438. The van der Waals surface area contributed by atoms with Crippen molar-refractivity contribution in [2.45, 2.75) is 26.3 Å². The second-order valence-corrected chi connectivity index (χ2v) is 5.17. The molecule has 1 aromatic heterocycles. The van der Waals surface area contributed by atoms with Crippen LogP contribution in [0.15, 0.2) is 30.5 Å². The molecule has 1 saturated carbocycles. The van der Waals surface area contributed by atoms with Gasteiger partial charge in [0.2, 0.25) is 5.88 Å². The van der Waals surface area contributed by atoms with E-state index in [0.29, 0.717) is 0 Å². The number of aromatic nitrogens is 1. The maximum Gasteiger partial charge on any atom is 0.221 e. The van der Waals surface area contributed by atoms with Crippen LogP contribution in [-0.4, -0.2) is 18.1 Å². The molecule has 0 amide bonds. The van der Waals surface area contributed by atoms with Gasteiger partial charge in [-0.3, -0.25) is 0 Å². The van der Waals surface area contributed by atoms with E-state index in [9.17, 15) is 0 Å². The van der Waals surface area contributed by atoms with Crippen molar-refractivity contribution in [1.29, 1.82) is 0 Å². The van der Waals surface area contributed by atoms with Crippen LogP contribution in [0.25, 0.3) is 10.8 Å². The summed E-state index contributed by atoms with van der Waals surface area (Å²) < 4.78 is 5.87. The molecule has 1 N–H and O–H groups in total. The van der Waals surface area contributed by atoms with Gasteiger partial charge in [0.15, 0.2) is 0 Å². The molecule has 0 spiro atoms. The van der Waals surface area contributed by atoms with Crippen LogP contribution in [0.5, 0.6) is 5.88 Å². The van der Waals surface area contributed by atoms with Gasteiger partial charge < -0.3 is 10.1 Å². The zero-order chi connectivity index (χ0) is 13.1. The predicted octanol–water partition coefficient (Wildman–Crippen LogP) is 3.13. The van der Waals surface area contributed by atoms with Crippen LogP contribution in [0.1, 0.15) is 25.3 Å². The van der Waals surface area contributed by atoms with Crippen LogP contribution in [0.3, 0.4) is 0 Å². The summed E-state index contributed by atoms with van der Waals surface area (Å²) in [7, 11) is 0. The lowest BCUT2D eigenvalue weighted by atomic mass is 10.1. The minimum atomic E-state index is 0.752.